The number of morpholine rings is 1. The van der Waals surface area contributed by atoms with Gasteiger partial charge in [0, 0.05) is 12.2 Å². The van der Waals surface area contributed by atoms with Gasteiger partial charge in [-0.1, -0.05) is 30.3 Å². The molecule has 2 aromatic rings. The minimum absolute atomic E-state index is 0.207. The van der Waals surface area contributed by atoms with Crippen LogP contribution in [0.15, 0.2) is 54.6 Å². The van der Waals surface area contributed by atoms with Gasteiger partial charge in [0.25, 0.3) is 0 Å². The monoisotopic (exact) mass is 264 g/mol. The van der Waals surface area contributed by atoms with Gasteiger partial charge in [-0.05, 0) is 29.8 Å². The Bertz CT molecular complexity index is 601. The number of nitrogens with zero attached hydrogens (tertiary/aromatic N) is 2. The normalized spacial score (nSPS) is 18.6. The SMILES string of the molecule is N#Cc1ccc(C2COCCN2c2ccccc2)cc1. The molecule has 1 unspecified atom stereocenters. The average molecular weight is 264 g/mol. The third-order valence-electron chi connectivity index (χ3n) is 3.64. The van der Waals surface area contributed by atoms with Crippen LogP contribution in [0, 0.1) is 11.3 Å². The molecule has 3 rings (SSSR count). The fourth-order valence-corrected chi connectivity index (χ4v) is 2.59. The van der Waals surface area contributed by atoms with Crippen molar-refractivity contribution in [1.29, 1.82) is 5.26 Å². The molecule has 20 heavy (non-hydrogen) atoms. The van der Waals surface area contributed by atoms with E-state index >= 15 is 0 Å². The molecule has 1 aliphatic rings. The summed E-state index contributed by atoms with van der Waals surface area (Å²) in [7, 11) is 0. The van der Waals surface area contributed by atoms with Gasteiger partial charge in [0.2, 0.25) is 0 Å². The minimum atomic E-state index is 0.207. The molecular weight excluding hydrogens is 248 g/mol. The van der Waals surface area contributed by atoms with Crippen LogP contribution < -0.4 is 4.90 Å². The Morgan fingerprint density at radius 3 is 2.50 bits per heavy atom. The molecule has 100 valence electrons. The number of ether oxygens (including phenoxy) is 1. The molecule has 1 saturated heterocycles. The van der Waals surface area contributed by atoms with E-state index in [0.717, 1.165) is 13.2 Å². The number of para-hydroxylation sites is 1. The second-order valence-electron chi connectivity index (χ2n) is 4.85. The second-order valence-corrected chi connectivity index (χ2v) is 4.85. The molecule has 0 aliphatic carbocycles. The van der Waals surface area contributed by atoms with Crippen molar-refractivity contribution < 1.29 is 4.74 Å². The number of hydrogen-bond acceptors (Lipinski definition) is 3. The average Bonchev–Trinajstić information content (AvgIpc) is 2.56. The summed E-state index contributed by atoms with van der Waals surface area (Å²) in [4.78, 5) is 2.37. The minimum Gasteiger partial charge on any atom is -0.377 e. The van der Waals surface area contributed by atoms with Crippen LogP contribution in [0.4, 0.5) is 5.69 Å². The second kappa shape index (κ2) is 5.77. The van der Waals surface area contributed by atoms with Crippen molar-refractivity contribution in [2.45, 2.75) is 6.04 Å². The molecule has 2 aromatic carbocycles. The molecule has 0 amide bonds. The van der Waals surface area contributed by atoms with E-state index in [9.17, 15) is 0 Å². The highest BCUT2D eigenvalue weighted by Crippen LogP contribution is 2.29. The highest BCUT2D eigenvalue weighted by molar-refractivity contribution is 5.49. The summed E-state index contributed by atoms with van der Waals surface area (Å²) in [6.45, 7) is 2.32. The molecule has 1 heterocycles. The molecule has 0 radical (unpaired) electrons. The van der Waals surface area contributed by atoms with Gasteiger partial charge < -0.3 is 9.64 Å². The Morgan fingerprint density at radius 2 is 1.80 bits per heavy atom. The maximum Gasteiger partial charge on any atom is 0.0991 e. The van der Waals surface area contributed by atoms with Crippen molar-refractivity contribution >= 4 is 5.69 Å². The van der Waals surface area contributed by atoms with Crippen LogP contribution in [0.5, 0.6) is 0 Å². The first-order valence-corrected chi connectivity index (χ1v) is 6.78. The van der Waals surface area contributed by atoms with Crippen molar-refractivity contribution in [3.63, 3.8) is 0 Å². The number of anilines is 1. The highest BCUT2D eigenvalue weighted by atomic mass is 16.5. The molecule has 0 bridgehead atoms. The maximum absolute atomic E-state index is 8.88. The third-order valence-corrected chi connectivity index (χ3v) is 3.64. The van der Waals surface area contributed by atoms with Crippen molar-refractivity contribution in [3.05, 3.63) is 65.7 Å². The van der Waals surface area contributed by atoms with Crippen LogP contribution in [0.2, 0.25) is 0 Å². The smallest absolute Gasteiger partial charge is 0.0991 e. The number of hydrogen-bond donors (Lipinski definition) is 0. The molecule has 1 aliphatic heterocycles. The lowest BCUT2D eigenvalue weighted by Gasteiger charge is -2.37. The lowest BCUT2D eigenvalue weighted by molar-refractivity contribution is 0.0941. The Balaban J connectivity index is 1.90. The van der Waals surface area contributed by atoms with Crippen LogP contribution in [-0.2, 0) is 4.74 Å². The summed E-state index contributed by atoms with van der Waals surface area (Å²) in [6, 6.07) is 20.5. The topological polar surface area (TPSA) is 36.3 Å². The van der Waals surface area contributed by atoms with Crippen LogP contribution in [0.3, 0.4) is 0 Å². The molecule has 1 fully saturated rings. The first-order valence-electron chi connectivity index (χ1n) is 6.78. The van der Waals surface area contributed by atoms with E-state index in [1.54, 1.807) is 0 Å². The van der Waals surface area contributed by atoms with Gasteiger partial charge in [0.05, 0.1) is 30.9 Å². The van der Waals surface area contributed by atoms with E-state index in [1.165, 1.54) is 11.3 Å². The fourth-order valence-electron chi connectivity index (χ4n) is 2.59. The van der Waals surface area contributed by atoms with Crippen LogP contribution in [0.1, 0.15) is 17.2 Å². The molecule has 3 heteroatoms. The third kappa shape index (κ3) is 2.52. The van der Waals surface area contributed by atoms with E-state index in [0.29, 0.717) is 12.2 Å². The summed E-state index contributed by atoms with van der Waals surface area (Å²) >= 11 is 0. The van der Waals surface area contributed by atoms with Gasteiger partial charge in [-0.25, -0.2) is 0 Å². The molecule has 0 spiro atoms. The maximum atomic E-state index is 8.88. The van der Waals surface area contributed by atoms with Crippen molar-refractivity contribution in [2.75, 3.05) is 24.7 Å². The molecule has 1 atom stereocenters. The summed E-state index contributed by atoms with van der Waals surface area (Å²) in [5.74, 6) is 0. The Labute approximate surface area is 119 Å². The lowest BCUT2D eigenvalue weighted by Crippen LogP contribution is -2.39. The van der Waals surface area contributed by atoms with E-state index in [-0.39, 0.29) is 6.04 Å². The van der Waals surface area contributed by atoms with Crippen LogP contribution in [0.25, 0.3) is 0 Å². The molecule has 0 aromatic heterocycles. The zero-order valence-electron chi connectivity index (χ0n) is 11.2. The van der Waals surface area contributed by atoms with Gasteiger partial charge in [0.1, 0.15) is 0 Å². The predicted octanol–water partition coefficient (Wildman–Crippen LogP) is 3.14. The number of nitriles is 1. The largest absolute Gasteiger partial charge is 0.377 e. The van der Waals surface area contributed by atoms with E-state index < -0.39 is 0 Å². The van der Waals surface area contributed by atoms with E-state index in [4.69, 9.17) is 10.00 Å². The van der Waals surface area contributed by atoms with Gasteiger partial charge in [-0.2, -0.15) is 5.26 Å². The zero-order valence-corrected chi connectivity index (χ0v) is 11.2. The van der Waals surface area contributed by atoms with E-state index in [2.05, 4.69) is 35.2 Å². The predicted molar refractivity (Wildman–Crippen MR) is 78.5 cm³/mol. The summed E-state index contributed by atoms with van der Waals surface area (Å²) < 4.78 is 5.64. The van der Waals surface area contributed by atoms with Crippen molar-refractivity contribution in [1.82, 2.24) is 0 Å². The molecule has 0 N–H and O–H groups in total. The number of rotatable bonds is 2. The summed E-state index contributed by atoms with van der Waals surface area (Å²) in [5, 5.41) is 8.88. The summed E-state index contributed by atoms with van der Waals surface area (Å²) in [5.41, 5.74) is 3.09. The first-order chi connectivity index (χ1) is 9.88. The quantitative estimate of drug-likeness (QED) is 0.836. The highest BCUT2D eigenvalue weighted by Gasteiger charge is 2.24. The fraction of sp³-hybridized carbons (Fsp3) is 0.235. The molecule has 3 nitrogen and oxygen atoms in total. The van der Waals surface area contributed by atoms with E-state index in [1.807, 2.05) is 30.3 Å². The standard InChI is InChI=1S/C17H16N2O/c18-12-14-6-8-15(9-7-14)17-13-20-11-10-19(17)16-4-2-1-3-5-16/h1-9,17H,10-11,13H2. The number of benzene rings is 2. The Kier molecular flexibility index (Phi) is 3.67. The van der Waals surface area contributed by atoms with Gasteiger partial charge >= 0.3 is 0 Å². The first kappa shape index (κ1) is 12.7. The van der Waals surface area contributed by atoms with Gasteiger partial charge in [0.15, 0.2) is 0 Å². The van der Waals surface area contributed by atoms with Gasteiger partial charge in [-0.15, -0.1) is 0 Å². The Hall–Kier alpha value is -2.31. The zero-order chi connectivity index (χ0) is 13.8. The molecule has 0 saturated carbocycles. The van der Waals surface area contributed by atoms with Crippen LogP contribution >= 0.6 is 0 Å². The van der Waals surface area contributed by atoms with Crippen molar-refractivity contribution in [3.8, 4) is 6.07 Å². The Morgan fingerprint density at radius 1 is 1.05 bits per heavy atom. The lowest BCUT2D eigenvalue weighted by atomic mass is 10.0. The molecular formula is C17H16N2O. The van der Waals surface area contributed by atoms with Crippen molar-refractivity contribution in [2.24, 2.45) is 0 Å². The summed E-state index contributed by atoms with van der Waals surface area (Å²) in [6.07, 6.45) is 0. The van der Waals surface area contributed by atoms with Crippen LogP contribution in [-0.4, -0.2) is 19.8 Å². The van der Waals surface area contributed by atoms with Gasteiger partial charge in [-0.3, -0.25) is 0 Å².